The maximum absolute atomic E-state index is 13.7. The highest BCUT2D eigenvalue weighted by Crippen LogP contribution is 2.42. The zero-order valence-electron chi connectivity index (χ0n) is 17.0. The normalized spacial score (nSPS) is 12.9. The Morgan fingerprint density at radius 3 is 2.59 bits per heavy atom. The van der Waals surface area contributed by atoms with Crippen LogP contribution in [0.3, 0.4) is 0 Å². The van der Waals surface area contributed by atoms with Gasteiger partial charge in [0.15, 0.2) is 5.69 Å². The van der Waals surface area contributed by atoms with E-state index in [2.05, 4.69) is 10.4 Å². The number of carbonyl (C=O) groups is 1. The molecule has 0 unspecified atom stereocenters. The van der Waals surface area contributed by atoms with E-state index in [9.17, 15) is 18.0 Å². The zero-order chi connectivity index (χ0) is 22.5. The number of aryl methyl sites for hydroxylation is 2. The number of carbonyl (C=O) groups excluding carboxylic acids is 1. The minimum atomic E-state index is -4.57. The molecule has 0 fully saturated rings. The lowest BCUT2D eigenvalue weighted by molar-refractivity contribution is -0.142. The third-order valence-corrected chi connectivity index (χ3v) is 5.50. The molecule has 162 valence electrons. The number of furan rings is 1. The average molecular weight is 437 g/mol. The molecule has 4 aromatic rings. The van der Waals surface area contributed by atoms with Gasteiger partial charge < -0.3 is 9.73 Å². The maximum atomic E-state index is 13.7. The van der Waals surface area contributed by atoms with Gasteiger partial charge in [0.25, 0.3) is 5.91 Å². The van der Waals surface area contributed by atoms with Crippen LogP contribution in [0.25, 0.3) is 16.9 Å². The van der Waals surface area contributed by atoms with E-state index >= 15 is 0 Å². The molecule has 2 heterocycles. The van der Waals surface area contributed by atoms with E-state index in [0.717, 1.165) is 5.56 Å². The van der Waals surface area contributed by atoms with Crippen molar-refractivity contribution >= 4 is 11.6 Å². The minimum absolute atomic E-state index is 0.160. The highest BCUT2D eigenvalue weighted by molar-refractivity contribution is 6.04. The number of anilines is 1. The molecule has 0 aliphatic heterocycles. The predicted octanol–water partition coefficient (Wildman–Crippen LogP) is 5.81. The van der Waals surface area contributed by atoms with Crippen molar-refractivity contribution < 1.29 is 22.4 Å². The smallest absolute Gasteiger partial charge is 0.435 e. The molecule has 2 aromatic carbocycles. The van der Waals surface area contributed by atoms with Crippen molar-refractivity contribution in [1.29, 1.82) is 0 Å². The molecule has 5 nitrogen and oxygen atoms in total. The number of nitrogens with zero attached hydrogens (tertiary/aromatic N) is 2. The minimum Gasteiger partial charge on any atom is -0.469 e. The fourth-order valence-corrected chi connectivity index (χ4v) is 4.04. The lowest BCUT2D eigenvalue weighted by Crippen LogP contribution is -2.12. The van der Waals surface area contributed by atoms with E-state index in [1.807, 2.05) is 25.1 Å². The van der Waals surface area contributed by atoms with Crippen molar-refractivity contribution in [2.75, 3.05) is 5.32 Å². The molecule has 0 radical (unpaired) electrons. The van der Waals surface area contributed by atoms with Gasteiger partial charge in [0, 0.05) is 28.8 Å². The van der Waals surface area contributed by atoms with E-state index in [1.165, 1.54) is 10.9 Å². The van der Waals surface area contributed by atoms with Crippen LogP contribution in [0, 0.1) is 6.92 Å². The summed E-state index contributed by atoms with van der Waals surface area (Å²) in [6.07, 6.45) is -2.50. The number of alkyl halides is 3. The Morgan fingerprint density at radius 2 is 1.88 bits per heavy atom. The Kier molecular flexibility index (Phi) is 4.65. The summed E-state index contributed by atoms with van der Waals surface area (Å²) in [5.41, 5.74) is 2.76. The molecule has 5 rings (SSSR count). The topological polar surface area (TPSA) is 60.1 Å². The molecule has 1 N–H and O–H groups in total. The standard InChI is InChI=1S/C24H18F3N3O2/c1-14-3-2-4-16(13-14)28-23(31)15-5-7-17(8-6-15)30-21-18-11-12-32-20(18)10-9-19(21)22(29-30)24(25,26)27/h2-8,11-13H,9-10H2,1H3,(H,28,31). The first-order valence-corrected chi connectivity index (χ1v) is 10.1. The summed E-state index contributed by atoms with van der Waals surface area (Å²) in [6, 6.07) is 15.4. The van der Waals surface area contributed by atoms with E-state index in [4.69, 9.17) is 4.42 Å². The van der Waals surface area contributed by atoms with Gasteiger partial charge in [0.2, 0.25) is 0 Å². The number of hydrogen-bond acceptors (Lipinski definition) is 3. The Balaban J connectivity index is 1.51. The van der Waals surface area contributed by atoms with E-state index in [1.54, 1.807) is 36.4 Å². The molecular weight excluding hydrogens is 419 g/mol. The van der Waals surface area contributed by atoms with Crippen LogP contribution >= 0.6 is 0 Å². The fourth-order valence-electron chi connectivity index (χ4n) is 4.04. The molecule has 8 heteroatoms. The van der Waals surface area contributed by atoms with Gasteiger partial charge in [0.05, 0.1) is 17.6 Å². The Hall–Kier alpha value is -3.81. The summed E-state index contributed by atoms with van der Waals surface area (Å²) >= 11 is 0. The summed E-state index contributed by atoms with van der Waals surface area (Å²) in [7, 11) is 0. The van der Waals surface area contributed by atoms with Gasteiger partial charge in [-0.3, -0.25) is 4.79 Å². The molecule has 1 aliphatic rings. The molecule has 1 amide bonds. The van der Waals surface area contributed by atoms with Gasteiger partial charge >= 0.3 is 6.18 Å². The van der Waals surface area contributed by atoms with Crippen LogP contribution in [0.5, 0.6) is 0 Å². The molecule has 0 bridgehead atoms. The van der Waals surface area contributed by atoms with E-state index in [-0.39, 0.29) is 17.9 Å². The van der Waals surface area contributed by atoms with Crippen LogP contribution in [0.15, 0.2) is 65.3 Å². The number of nitrogens with one attached hydrogen (secondary N) is 1. The summed E-state index contributed by atoms with van der Waals surface area (Å²) in [5, 5.41) is 6.73. The SMILES string of the molecule is Cc1cccc(NC(=O)c2ccc(-n3nc(C(F)(F)F)c4c3-c3ccoc3CC4)cc2)c1. The lowest BCUT2D eigenvalue weighted by Gasteiger charge is -2.15. The van der Waals surface area contributed by atoms with Crippen LogP contribution in [0.4, 0.5) is 18.9 Å². The highest BCUT2D eigenvalue weighted by Gasteiger charge is 2.41. The summed E-state index contributed by atoms with van der Waals surface area (Å²) in [4.78, 5) is 12.6. The summed E-state index contributed by atoms with van der Waals surface area (Å²) in [5.74, 6) is 0.333. The second kappa shape index (κ2) is 7.40. The third kappa shape index (κ3) is 3.47. The number of aromatic nitrogens is 2. The zero-order valence-corrected chi connectivity index (χ0v) is 17.0. The van der Waals surface area contributed by atoms with Crippen molar-refractivity contribution in [3.05, 3.63) is 89.0 Å². The summed E-state index contributed by atoms with van der Waals surface area (Å²) < 4.78 is 47.7. The van der Waals surface area contributed by atoms with Gasteiger partial charge in [-0.15, -0.1) is 0 Å². The first kappa shape index (κ1) is 20.1. The van der Waals surface area contributed by atoms with Crippen molar-refractivity contribution in [2.45, 2.75) is 25.9 Å². The molecule has 32 heavy (non-hydrogen) atoms. The predicted molar refractivity (Wildman–Crippen MR) is 113 cm³/mol. The van der Waals surface area contributed by atoms with Gasteiger partial charge in [-0.05, 0) is 61.4 Å². The molecule has 0 saturated carbocycles. The number of halogens is 3. The largest absolute Gasteiger partial charge is 0.469 e. The van der Waals surface area contributed by atoms with Crippen LogP contribution in [-0.2, 0) is 19.0 Å². The maximum Gasteiger partial charge on any atom is 0.435 e. The third-order valence-electron chi connectivity index (χ3n) is 5.50. The fraction of sp³-hybridized carbons (Fsp3) is 0.167. The van der Waals surface area contributed by atoms with Crippen LogP contribution in [-0.4, -0.2) is 15.7 Å². The number of amides is 1. The second-order valence-electron chi connectivity index (χ2n) is 7.71. The van der Waals surface area contributed by atoms with E-state index < -0.39 is 11.9 Å². The van der Waals surface area contributed by atoms with Gasteiger partial charge in [0.1, 0.15) is 5.76 Å². The van der Waals surface area contributed by atoms with Crippen LogP contribution < -0.4 is 5.32 Å². The monoisotopic (exact) mass is 437 g/mol. The Labute approximate surface area is 181 Å². The van der Waals surface area contributed by atoms with Crippen LogP contribution in [0.2, 0.25) is 0 Å². The number of benzene rings is 2. The lowest BCUT2D eigenvalue weighted by atomic mass is 9.94. The molecule has 2 aromatic heterocycles. The number of rotatable bonds is 3. The Bertz CT molecular complexity index is 1320. The summed E-state index contributed by atoms with van der Waals surface area (Å²) in [6.45, 7) is 1.93. The quantitative estimate of drug-likeness (QED) is 0.440. The first-order valence-electron chi connectivity index (χ1n) is 10.1. The van der Waals surface area contributed by atoms with Gasteiger partial charge in [-0.1, -0.05) is 12.1 Å². The van der Waals surface area contributed by atoms with Crippen molar-refractivity contribution in [1.82, 2.24) is 9.78 Å². The molecule has 0 saturated heterocycles. The number of fused-ring (bicyclic) bond motifs is 3. The molecular formula is C24H18F3N3O2. The highest BCUT2D eigenvalue weighted by atomic mass is 19.4. The first-order chi connectivity index (χ1) is 15.3. The Morgan fingerprint density at radius 1 is 1.09 bits per heavy atom. The van der Waals surface area contributed by atoms with Gasteiger partial charge in [-0.25, -0.2) is 4.68 Å². The van der Waals surface area contributed by atoms with Crippen LogP contribution in [0.1, 0.15) is 32.9 Å². The van der Waals surface area contributed by atoms with Crippen molar-refractivity contribution in [3.63, 3.8) is 0 Å². The number of hydrogen-bond donors (Lipinski definition) is 1. The van der Waals surface area contributed by atoms with Crippen molar-refractivity contribution in [2.24, 2.45) is 0 Å². The molecule has 0 spiro atoms. The molecule has 0 atom stereocenters. The molecule has 1 aliphatic carbocycles. The second-order valence-corrected chi connectivity index (χ2v) is 7.71. The van der Waals surface area contributed by atoms with E-state index in [0.29, 0.717) is 40.4 Å². The average Bonchev–Trinajstić information content (AvgIpc) is 3.38. The van der Waals surface area contributed by atoms with Gasteiger partial charge in [-0.2, -0.15) is 18.3 Å². The van der Waals surface area contributed by atoms with Crippen molar-refractivity contribution in [3.8, 4) is 16.9 Å².